The lowest BCUT2D eigenvalue weighted by atomic mass is 10.0. The summed E-state index contributed by atoms with van der Waals surface area (Å²) in [5.41, 5.74) is 8.18. The van der Waals surface area contributed by atoms with E-state index in [-0.39, 0.29) is 11.8 Å². The third-order valence-electron chi connectivity index (χ3n) is 5.37. The van der Waals surface area contributed by atoms with Gasteiger partial charge in [-0.05, 0) is 48.2 Å². The average molecular weight is 404 g/mol. The number of nitrogens with zero attached hydrogens (tertiary/aromatic N) is 1. The molecule has 0 aliphatic heterocycles. The highest BCUT2D eigenvalue weighted by Crippen LogP contribution is 2.15. The van der Waals surface area contributed by atoms with E-state index in [0.29, 0.717) is 19.5 Å². The lowest BCUT2D eigenvalue weighted by Gasteiger charge is -2.29. The molecule has 0 saturated heterocycles. The van der Waals surface area contributed by atoms with Crippen LogP contribution in [-0.2, 0) is 22.6 Å². The maximum absolute atomic E-state index is 12.9. The van der Waals surface area contributed by atoms with Crippen LogP contribution in [-0.4, -0.2) is 35.3 Å². The summed E-state index contributed by atoms with van der Waals surface area (Å²) in [6.07, 6.45) is 0.446. The first kappa shape index (κ1) is 21.5. The summed E-state index contributed by atoms with van der Waals surface area (Å²) in [6.45, 7) is 4.44. The molecule has 0 aliphatic rings. The van der Waals surface area contributed by atoms with Gasteiger partial charge >= 0.3 is 0 Å². The van der Waals surface area contributed by atoms with Crippen molar-refractivity contribution in [2.24, 2.45) is 5.73 Å². The van der Waals surface area contributed by atoms with E-state index in [2.05, 4.69) is 23.5 Å². The Balaban J connectivity index is 1.60. The van der Waals surface area contributed by atoms with Crippen molar-refractivity contribution in [3.05, 3.63) is 83.9 Å². The quantitative estimate of drug-likeness (QED) is 0.606. The SMILES string of the molecule is CCN(C(=O)[C@@H](N)Cc1ccccc1)[C@@H](C)C(=O)NCc1ccc2ccccc2c1. The number of rotatable bonds is 8. The van der Waals surface area contributed by atoms with E-state index < -0.39 is 12.1 Å². The molecule has 0 fully saturated rings. The summed E-state index contributed by atoms with van der Waals surface area (Å²) in [7, 11) is 0. The molecule has 0 saturated carbocycles. The molecule has 30 heavy (non-hydrogen) atoms. The Morgan fingerprint density at radius 2 is 1.60 bits per heavy atom. The molecule has 0 aliphatic carbocycles. The Hall–Kier alpha value is -3.18. The Labute approximate surface area is 177 Å². The van der Waals surface area contributed by atoms with E-state index in [0.717, 1.165) is 21.9 Å². The number of likely N-dealkylation sites (N-methyl/N-ethyl adjacent to an activating group) is 1. The molecule has 0 bridgehead atoms. The van der Waals surface area contributed by atoms with Crippen molar-refractivity contribution in [1.82, 2.24) is 10.2 Å². The zero-order valence-electron chi connectivity index (χ0n) is 17.5. The number of nitrogens with one attached hydrogen (secondary N) is 1. The van der Waals surface area contributed by atoms with Gasteiger partial charge in [0, 0.05) is 13.1 Å². The van der Waals surface area contributed by atoms with Gasteiger partial charge in [0.15, 0.2) is 0 Å². The van der Waals surface area contributed by atoms with Gasteiger partial charge in [-0.15, -0.1) is 0 Å². The van der Waals surface area contributed by atoms with Crippen LogP contribution in [0, 0.1) is 0 Å². The predicted octanol–water partition coefficient (Wildman–Crippen LogP) is 3.26. The highest BCUT2D eigenvalue weighted by Gasteiger charge is 2.28. The minimum absolute atomic E-state index is 0.190. The predicted molar refractivity (Wildman–Crippen MR) is 121 cm³/mol. The second-order valence-electron chi connectivity index (χ2n) is 7.50. The van der Waals surface area contributed by atoms with Gasteiger partial charge in [-0.2, -0.15) is 0 Å². The summed E-state index contributed by atoms with van der Waals surface area (Å²) in [5, 5.41) is 5.24. The molecule has 156 valence electrons. The summed E-state index contributed by atoms with van der Waals surface area (Å²) in [4.78, 5) is 27.1. The van der Waals surface area contributed by atoms with Crippen molar-refractivity contribution < 1.29 is 9.59 Å². The summed E-state index contributed by atoms with van der Waals surface area (Å²) < 4.78 is 0. The molecule has 2 atom stereocenters. The first-order valence-electron chi connectivity index (χ1n) is 10.3. The van der Waals surface area contributed by atoms with Crippen molar-refractivity contribution in [3.63, 3.8) is 0 Å². The van der Waals surface area contributed by atoms with Crippen molar-refractivity contribution in [3.8, 4) is 0 Å². The molecule has 0 aromatic heterocycles. The maximum atomic E-state index is 12.9. The van der Waals surface area contributed by atoms with Crippen LogP contribution < -0.4 is 11.1 Å². The number of benzene rings is 3. The van der Waals surface area contributed by atoms with Crippen LogP contribution in [0.5, 0.6) is 0 Å². The van der Waals surface area contributed by atoms with Gasteiger partial charge in [-0.1, -0.05) is 66.7 Å². The van der Waals surface area contributed by atoms with E-state index in [4.69, 9.17) is 5.73 Å². The average Bonchev–Trinajstić information content (AvgIpc) is 2.78. The van der Waals surface area contributed by atoms with Crippen molar-refractivity contribution in [2.45, 2.75) is 38.9 Å². The lowest BCUT2D eigenvalue weighted by Crippen LogP contribution is -2.53. The van der Waals surface area contributed by atoms with Gasteiger partial charge in [0.1, 0.15) is 6.04 Å². The summed E-state index contributed by atoms with van der Waals surface area (Å²) >= 11 is 0. The van der Waals surface area contributed by atoms with Crippen molar-refractivity contribution in [1.29, 1.82) is 0 Å². The standard InChI is InChI=1S/C25H29N3O2/c1-3-28(25(30)23(26)16-19-9-5-4-6-10-19)18(2)24(29)27-17-20-13-14-21-11-7-8-12-22(21)15-20/h4-15,18,23H,3,16-17,26H2,1-2H3,(H,27,29)/t18-,23-/m0/s1. The molecule has 3 rings (SSSR count). The summed E-state index contributed by atoms with van der Waals surface area (Å²) in [6, 6.07) is 22.6. The molecule has 5 heteroatoms. The third-order valence-corrected chi connectivity index (χ3v) is 5.37. The summed E-state index contributed by atoms with van der Waals surface area (Å²) in [5.74, 6) is -0.403. The topological polar surface area (TPSA) is 75.4 Å². The molecule has 3 aromatic carbocycles. The zero-order valence-corrected chi connectivity index (χ0v) is 17.5. The van der Waals surface area contributed by atoms with E-state index in [1.54, 1.807) is 11.8 Å². The number of amides is 2. The molecule has 0 unspecified atom stereocenters. The number of hydrogen-bond acceptors (Lipinski definition) is 3. The molecule has 3 aromatic rings. The van der Waals surface area contributed by atoms with Crippen LogP contribution in [0.2, 0.25) is 0 Å². The van der Waals surface area contributed by atoms with E-state index in [1.807, 2.05) is 61.5 Å². The fourth-order valence-corrected chi connectivity index (χ4v) is 3.62. The highest BCUT2D eigenvalue weighted by molar-refractivity contribution is 5.89. The van der Waals surface area contributed by atoms with Gasteiger partial charge in [0.25, 0.3) is 0 Å². The molecule has 0 radical (unpaired) electrons. The third kappa shape index (κ3) is 5.24. The van der Waals surface area contributed by atoms with Crippen LogP contribution in [0.4, 0.5) is 0 Å². The van der Waals surface area contributed by atoms with Gasteiger partial charge in [0.05, 0.1) is 6.04 Å². The van der Waals surface area contributed by atoms with E-state index in [1.165, 1.54) is 0 Å². The number of nitrogens with two attached hydrogens (primary N) is 1. The minimum Gasteiger partial charge on any atom is -0.350 e. The second-order valence-corrected chi connectivity index (χ2v) is 7.50. The lowest BCUT2D eigenvalue weighted by molar-refractivity contribution is -0.140. The van der Waals surface area contributed by atoms with Crippen molar-refractivity contribution in [2.75, 3.05) is 6.54 Å². The molecule has 0 spiro atoms. The zero-order chi connectivity index (χ0) is 21.5. The monoisotopic (exact) mass is 403 g/mol. The van der Waals surface area contributed by atoms with Crippen LogP contribution in [0.3, 0.4) is 0 Å². The van der Waals surface area contributed by atoms with Crippen LogP contribution in [0.15, 0.2) is 72.8 Å². The van der Waals surface area contributed by atoms with Gasteiger partial charge in [0.2, 0.25) is 11.8 Å². The van der Waals surface area contributed by atoms with Crippen LogP contribution in [0.25, 0.3) is 10.8 Å². The normalized spacial score (nSPS) is 12.9. The Morgan fingerprint density at radius 3 is 2.30 bits per heavy atom. The number of carbonyl (C=O) groups excluding carboxylic acids is 2. The molecule has 5 nitrogen and oxygen atoms in total. The Bertz CT molecular complexity index is 1000. The second kappa shape index (κ2) is 10.0. The number of carbonyl (C=O) groups is 2. The Kier molecular flexibility index (Phi) is 7.20. The van der Waals surface area contributed by atoms with Crippen molar-refractivity contribution >= 4 is 22.6 Å². The Morgan fingerprint density at radius 1 is 0.933 bits per heavy atom. The molecular formula is C25H29N3O2. The largest absolute Gasteiger partial charge is 0.350 e. The van der Waals surface area contributed by atoms with Gasteiger partial charge in [-0.25, -0.2) is 0 Å². The maximum Gasteiger partial charge on any atom is 0.242 e. The van der Waals surface area contributed by atoms with Crippen LogP contribution in [0.1, 0.15) is 25.0 Å². The van der Waals surface area contributed by atoms with E-state index in [9.17, 15) is 9.59 Å². The van der Waals surface area contributed by atoms with E-state index >= 15 is 0 Å². The van der Waals surface area contributed by atoms with Gasteiger partial charge < -0.3 is 16.0 Å². The molecule has 3 N–H and O–H groups in total. The first-order valence-corrected chi connectivity index (χ1v) is 10.3. The molecular weight excluding hydrogens is 374 g/mol. The molecule has 2 amide bonds. The fraction of sp³-hybridized carbons (Fsp3) is 0.280. The number of hydrogen-bond donors (Lipinski definition) is 2. The minimum atomic E-state index is -0.678. The fourth-order valence-electron chi connectivity index (χ4n) is 3.62. The highest BCUT2D eigenvalue weighted by atomic mass is 16.2. The van der Waals surface area contributed by atoms with Gasteiger partial charge in [-0.3, -0.25) is 9.59 Å². The number of fused-ring (bicyclic) bond motifs is 1. The smallest absolute Gasteiger partial charge is 0.242 e. The molecule has 0 heterocycles. The first-order chi connectivity index (χ1) is 14.5. The van der Waals surface area contributed by atoms with Crippen LogP contribution >= 0.6 is 0 Å².